The normalized spacial score (nSPS) is 18.3. The van der Waals surface area contributed by atoms with Gasteiger partial charge in [0.25, 0.3) is 5.91 Å². The molecule has 1 unspecified atom stereocenters. The molecular weight excluding hydrogens is 278 g/mol. The van der Waals surface area contributed by atoms with Crippen molar-refractivity contribution >= 4 is 11.7 Å². The van der Waals surface area contributed by atoms with Crippen LogP contribution < -0.4 is 5.32 Å². The molecule has 5 nitrogen and oxygen atoms in total. The van der Waals surface area contributed by atoms with Gasteiger partial charge < -0.3 is 15.0 Å². The molecule has 22 heavy (non-hydrogen) atoms. The van der Waals surface area contributed by atoms with Gasteiger partial charge in [-0.3, -0.25) is 4.79 Å². The summed E-state index contributed by atoms with van der Waals surface area (Å²) in [4.78, 5) is 19.0. The summed E-state index contributed by atoms with van der Waals surface area (Å²) in [5.41, 5.74) is 0.683. The van der Waals surface area contributed by atoms with E-state index in [1.807, 2.05) is 17.0 Å². The summed E-state index contributed by atoms with van der Waals surface area (Å²) in [6.07, 6.45) is 7.10. The first-order valence-electron chi connectivity index (χ1n) is 8.26. The van der Waals surface area contributed by atoms with Gasteiger partial charge in [-0.25, -0.2) is 4.98 Å². The summed E-state index contributed by atoms with van der Waals surface area (Å²) < 4.78 is 5.01. The van der Waals surface area contributed by atoms with E-state index in [1.165, 1.54) is 6.42 Å². The molecule has 1 atom stereocenters. The monoisotopic (exact) mass is 305 g/mol. The number of ether oxygens (including phenoxy) is 1. The van der Waals surface area contributed by atoms with Gasteiger partial charge in [0.2, 0.25) is 0 Å². The lowest BCUT2D eigenvalue weighted by atomic mass is 9.99. The van der Waals surface area contributed by atoms with Crippen molar-refractivity contribution < 1.29 is 9.53 Å². The predicted octanol–water partition coefficient (Wildman–Crippen LogP) is 2.93. The van der Waals surface area contributed by atoms with Gasteiger partial charge >= 0.3 is 0 Å². The van der Waals surface area contributed by atoms with E-state index in [0.717, 1.165) is 51.2 Å². The molecule has 0 aromatic carbocycles. The molecule has 2 heterocycles. The third-order valence-electron chi connectivity index (χ3n) is 4.20. The fourth-order valence-corrected chi connectivity index (χ4v) is 2.92. The van der Waals surface area contributed by atoms with Crippen LogP contribution in [0, 0.1) is 0 Å². The zero-order valence-electron chi connectivity index (χ0n) is 13.7. The Labute approximate surface area is 133 Å². The molecule has 1 saturated heterocycles. The standard InChI is InChI=1S/C17H27N3O2/c1-3-15-7-4-5-11-20(15)17(21)14-8-9-16(19-13-14)18-10-6-12-22-2/h8-9,13,15H,3-7,10-12H2,1-2H3,(H,18,19). The van der Waals surface area contributed by atoms with Gasteiger partial charge in [-0.15, -0.1) is 0 Å². The third kappa shape index (κ3) is 4.44. The van der Waals surface area contributed by atoms with E-state index >= 15 is 0 Å². The van der Waals surface area contributed by atoms with Gasteiger partial charge in [0.05, 0.1) is 5.56 Å². The first-order chi connectivity index (χ1) is 10.8. The second kappa shape index (κ2) is 8.73. The highest BCUT2D eigenvalue weighted by atomic mass is 16.5. The molecule has 1 amide bonds. The summed E-state index contributed by atoms with van der Waals surface area (Å²) in [7, 11) is 1.70. The van der Waals surface area contributed by atoms with Gasteiger partial charge in [0.1, 0.15) is 5.82 Å². The lowest BCUT2D eigenvalue weighted by Gasteiger charge is -2.35. The summed E-state index contributed by atoms with van der Waals surface area (Å²) in [5, 5.41) is 3.23. The molecule has 1 N–H and O–H groups in total. The van der Waals surface area contributed by atoms with E-state index in [2.05, 4.69) is 17.2 Å². The van der Waals surface area contributed by atoms with Crippen LogP contribution in [0.25, 0.3) is 0 Å². The number of carbonyl (C=O) groups excluding carboxylic acids is 1. The van der Waals surface area contributed by atoms with Crippen LogP contribution in [0.1, 0.15) is 49.4 Å². The Balaban J connectivity index is 1.92. The molecule has 5 heteroatoms. The molecule has 0 spiro atoms. The van der Waals surface area contributed by atoms with Crippen LogP contribution in [-0.2, 0) is 4.74 Å². The fourth-order valence-electron chi connectivity index (χ4n) is 2.92. The van der Waals surface area contributed by atoms with Crippen LogP contribution in [0.2, 0.25) is 0 Å². The topological polar surface area (TPSA) is 54.5 Å². The molecule has 122 valence electrons. The number of methoxy groups -OCH3 is 1. The van der Waals surface area contributed by atoms with Crippen LogP contribution in [0.3, 0.4) is 0 Å². The van der Waals surface area contributed by atoms with Crippen molar-refractivity contribution in [1.82, 2.24) is 9.88 Å². The van der Waals surface area contributed by atoms with Crippen molar-refractivity contribution in [2.45, 2.75) is 45.1 Å². The average Bonchev–Trinajstić information content (AvgIpc) is 2.58. The van der Waals surface area contributed by atoms with Crippen LogP contribution in [0.5, 0.6) is 0 Å². The van der Waals surface area contributed by atoms with E-state index in [1.54, 1.807) is 13.3 Å². The van der Waals surface area contributed by atoms with E-state index in [9.17, 15) is 4.79 Å². The van der Waals surface area contributed by atoms with Gasteiger partial charge in [0.15, 0.2) is 0 Å². The summed E-state index contributed by atoms with van der Waals surface area (Å²) in [6, 6.07) is 4.13. The first-order valence-corrected chi connectivity index (χ1v) is 8.26. The molecule has 1 aliphatic heterocycles. The van der Waals surface area contributed by atoms with Crippen molar-refractivity contribution in [3.05, 3.63) is 23.9 Å². The molecule has 0 aliphatic carbocycles. The largest absolute Gasteiger partial charge is 0.385 e. The van der Waals surface area contributed by atoms with Gasteiger partial charge in [-0.1, -0.05) is 6.92 Å². The maximum atomic E-state index is 12.6. The zero-order valence-corrected chi connectivity index (χ0v) is 13.7. The van der Waals surface area contributed by atoms with Crippen molar-refractivity contribution in [1.29, 1.82) is 0 Å². The van der Waals surface area contributed by atoms with E-state index in [4.69, 9.17) is 4.74 Å². The highest BCUT2D eigenvalue weighted by molar-refractivity contribution is 5.94. The number of aromatic nitrogens is 1. The Morgan fingerprint density at radius 3 is 3.00 bits per heavy atom. The van der Waals surface area contributed by atoms with Crippen molar-refractivity contribution in [2.24, 2.45) is 0 Å². The molecule has 0 saturated carbocycles. The number of hydrogen-bond acceptors (Lipinski definition) is 4. The van der Waals surface area contributed by atoms with Gasteiger partial charge in [0, 0.05) is 39.0 Å². The van der Waals surface area contributed by atoms with Crippen LogP contribution in [0.4, 0.5) is 5.82 Å². The second-order valence-electron chi connectivity index (χ2n) is 5.76. The Kier molecular flexibility index (Phi) is 6.65. The summed E-state index contributed by atoms with van der Waals surface area (Å²) in [5.74, 6) is 0.920. The van der Waals surface area contributed by atoms with E-state index < -0.39 is 0 Å². The number of nitrogens with one attached hydrogen (secondary N) is 1. The molecule has 0 bridgehead atoms. The molecular formula is C17H27N3O2. The molecule has 1 aliphatic rings. The highest BCUT2D eigenvalue weighted by Crippen LogP contribution is 2.21. The second-order valence-corrected chi connectivity index (χ2v) is 5.76. The highest BCUT2D eigenvalue weighted by Gasteiger charge is 2.26. The van der Waals surface area contributed by atoms with Crippen LogP contribution >= 0.6 is 0 Å². The minimum atomic E-state index is 0.116. The predicted molar refractivity (Wildman–Crippen MR) is 88.2 cm³/mol. The maximum Gasteiger partial charge on any atom is 0.255 e. The van der Waals surface area contributed by atoms with Crippen LogP contribution in [-0.4, -0.2) is 48.6 Å². The number of anilines is 1. The number of rotatable bonds is 7. The van der Waals surface area contributed by atoms with E-state index in [0.29, 0.717) is 11.6 Å². The first kappa shape index (κ1) is 16.7. The number of likely N-dealkylation sites (tertiary alicyclic amines) is 1. The molecule has 0 radical (unpaired) electrons. The molecule has 2 rings (SSSR count). The van der Waals surface area contributed by atoms with Gasteiger partial charge in [-0.2, -0.15) is 0 Å². The lowest BCUT2D eigenvalue weighted by Crippen LogP contribution is -2.43. The lowest BCUT2D eigenvalue weighted by molar-refractivity contribution is 0.0607. The number of piperidine rings is 1. The van der Waals surface area contributed by atoms with Crippen molar-refractivity contribution in [3.8, 4) is 0 Å². The third-order valence-corrected chi connectivity index (χ3v) is 4.20. The Morgan fingerprint density at radius 2 is 2.32 bits per heavy atom. The van der Waals surface area contributed by atoms with Gasteiger partial charge in [-0.05, 0) is 44.2 Å². The van der Waals surface area contributed by atoms with Crippen molar-refractivity contribution in [3.63, 3.8) is 0 Å². The average molecular weight is 305 g/mol. The fraction of sp³-hybridized carbons (Fsp3) is 0.647. The minimum absolute atomic E-state index is 0.116. The molecule has 1 fully saturated rings. The van der Waals surface area contributed by atoms with Crippen molar-refractivity contribution in [2.75, 3.05) is 32.1 Å². The quantitative estimate of drug-likeness (QED) is 0.787. The number of amides is 1. The number of pyridine rings is 1. The number of carbonyl (C=O) groups is 1. The SMILES string of the molecule is CCC1CCCCN1C(=O)c1ccc(NCCCOC)nc1. The van der Waals surface area contributed by atoms with Crippen LogP contribution in [0.15, 0.2) is 18.3 Å². The smallest absolute Gasteiger partial charge is 0.255 e. The minimum Gasteiger partial charge on any atom is -0.385 e. The Morgan fingerprint density at radius 1 is 1.45 bits per heavy atom. The maximum absolute atomic E-state index is 12.6. The number of hydrogen-bond donors (Lipinski definition) is 1. The summed E-state index contributed by atoms with van der Waals surface area (Å²) in [6.45, 7) is 4.57. The summed E-state index contributed by atoms with van der Waals surface area (Å²) >= 11 is 0. The molecule has 1 aromatic heterocycles. The number of nitrogens with zero attached hydrogens (tertiary/aromatic N) is 2. The Bertz CT molecular complexity index is 461. The molecule has 1 aromatic rings. The van der Waals surface area contributed by atoms with E-state index in [-0.39, 0.29) is 5.91 Å². The zero-order chi connectivity index (χ0) is 15.8. The Hall–Kier alpha value is -1.62.